The molecule has 1 rings (SSSR count). The molecule has 17 heavy (non-hydrogen) atoms. The average molecular weight is 255 g/mol. The number of hydrogen-bond acceptors (Lipinski definition) is 4. The van der Waals surface area contributed by atoms with E-state index >= 15 is 0 Å². The maximum atomic E-state index is 4.46. The van der Waals surface area contributed by atoms with E-state index in [1.165, 1.54) is 15.6 Å². The van der Waals surface area contributed by atoms with E-state index in [-0.39, 0.29) is 0 Å². The Labute approximate surface area is 109 Å². The Balaban J connectivity index is 2.25. The van der Waals surface area contributed by atoms with Crippen molar-refractivity contribution in [2.24, 2.45) is 5.92 Å². The largest absolute Gasteiger partial charge is 0.315 e. The van der Waals surface area contributed by atoms with Gasteiger partial charge < -0.3 is 5.32 Å². The van der Waals surface area contributed by atoms with Crippen LogP contribution in [0.3, 0.4) is 0 Å². The third kappa shape index (κ3) is 5.61. The van der Waals surface area contributed by atoms with Crippen LogP contribution in [0.1, 0.15) is 29.4 Å². The minimum Gasteiger partial charge on any atom is -0.315 e. The van der Waals surface area contributed by atoms with Crippen LogP contribution in [0.25, 0.3) is 0 Å². The summed E-state index contributed by atoms with van der Waals surface area (Å²) in [6.45, 7) is 12.9. The predicted molar refractivity (Wildman–Crippen MR) is 75.6 cm³/mol. The van der Waals surface area contributed by atoms with Crippen molar-refractivity contribution >= 4 is 11.3 Å². The van der Waals surface area contributed by atoms with Crippen molar-refractivity contribution in [3.05, 3.63) is 15.6 Å². The summed E-state index contributed by atoms with van der Waals surface area (Å²) in [7, 11) is 2.17. The summed E-state index contributed by atoms with van der Waals surface area (Å²) >= 11 is 1.81. The molecule has 0 spiro atoms. The molecular weight excluding hydrogens is 230 g/mol. The molecule has 98 valence electrons. The van der Waals surface area contributed by atoms with Gasteiger partial charge >= 0.3 is 0 Å². The van der Waals surface area contributed by atoms with Gasteiger partial charge in [-0.3, -0.25) is 4.90 Å². The molecule has 0 radical (unpaired) electrons. The van der Waals surface area contributed by atoms with E-state index < -0.39 is 0 Å². The molecule has 0 saturated carbocycles. The molecule has 0 aliphatic rings. The van der Waals surface area contributed by atoms with E-state index in [1.807, 2.05) is 11.3 Å². The lowest BCUT2D eigenvalue weighted by molar-refractivity contribution is 0.323. The van der Waals surface area contributed by atoms with Crippen LogP contribution >= 0.6 is 11.3 Å². The molecule has 1 aromatic heterocycles. The molecule has 3 nitrogen and oxygen atoms in total. The van der Waals surface area contributed by atoms with E-state index in [4.69, 9.17) is 0 Å². The first-order chi connectivity index (χ1) is 7.99. The highest BCUT2D eigenvalue weighted by molar-refractivity contribution is 7.11. The van der Waals surface area contributed by atoms with Crippen molar-refractivity contribution in [1.82, 2.24) is 15.2 Å². The van der Waals surface area contributed by atoms with Gasteiger partial charge in [0.1, 0.15) is 0 Å². The van der Waals surface area contributed by atoms with Crippen LogP contribution in [0, 0.1) is 19.8 Å². The van der Waals surface area contributed by atoms with Crippen molar-refractivity contribution in [3.8, 4) is 0 Å². The van der Waals surface area contributed by atoms with Crippen LogP contribution in [0.2, 0.25) is 0 Å². The zero-order chi connectivity index (χ0) is 12.8. The van der Waals surface area contributed by atoms with Crippen LogP contribution in [0.15, 0.2) is 0 Å². The molecule has 0 saturated heterocycles. The minimum atomic E-state index is 0.728. The van der Waals surface area contributed by atoms with Gasteiger partial charge in [-0.05, 0) is 33.4 Å². The zero-order valence-electron chi connectivity index (χ0n) is 11.7. The molecular formula is C13H25N3S. The lowest BCUT2D eigenvalue weighted by Crippen LogP contribution is -2.30. The molecule has 1 N–H and O–H groups in total. The summed E-state index contributed by atoms with van der Waals surface area (Å²) in [5, 5.41) is 4.64. The Morgan fingerprint density at radius 2 is 2.06 bits per heavy atom. The molecule has 1 aromatic rings. The van der Waals surface area contributed by atoms with E-state index in [2.05, 4.69) is 49.9 Å². The van der Waals surface area contributed by atoms with Gasteiger partial charge in [-0.25, -0.2) is 4.98 Å². The van der Waals surface area contributed by atoms with Crippen molar-refractivity contribution < 1.29 is 0 Å². The first-order valence-electron chi connectivity index (χ1n) is 6.31. The predicted octanol–water partition coefficient (Wildman–Crippen LogP) is 2.44. The fraction of sp³-hybridized carbons (Fsp3) is 0.769. The van der Waals surface area contributed by atoms with E-state index in [0.29, 0.717) is 0 Å². The highest BCUT2D eigenvalue weighted by atomic mass is 32.1. The molecule has 0 bridgehead atoms. The molecule has 0 fully saturated rings. The van der Waals surface area contributed by atoms with Gasteiger partial charge in [-0.15, -0.1) is 11.3 Å². The number of hydrogen-bond donors (Lipinski definition) is 1. The quantitative estimate of drug-likeness (QED) is 0.759. The summed E-state index contributed by atoms with van der Waals surface area (Å²) in [5.74, 6) is 0.728. The number of nitrogens with zero attached hydrogens (tertiary/aromatic N) is 2. The Hall–Kier alpha value is -0.450. The highest BCUT2D eigenvalue weighted by Gasteiger charge is 2.07. The van der Waals surface area contributed by atoms with Gasteiger partial charge in [0.15, 0.2) is 0 Å². The molecule has 0 aromatic carbocycles. The summed E-state index contributed by atoms with van der Waals surface area (Å²) in [6, 6.07) is 0. The molecule has 0 unspecified atom stereocenters. The zero-order valence-corrected chi connectivity index (χ0v) is 12.5. The maximum absolute atomic E-state index is 4.46. The first kappa shape index (κ1) is 14.6. The van der Waals surface area contributed by atoms with Crippen molar-refractivity contribution in [2.45, 2.75) is 34.2 Å². The molecule has 4 heteroatoms. The number of likely N-dealkylation sites (N-methyl/N-ethyl adjacent to an activating group) is 1. The average Bonchev–Trinajstić information content (AvgIpc) is 2.52. The number of aromatic nitrogens is 1. The van der Waals surface area contributed by atoms with Gasteiger partial charge in [0.25, 0.3) is 0 Å². The fourth-order valence-corrected chi connectivity index (χ4v) is 2.72. The van der Waals surface area contributed by atoms with Crippen molar-refractivity contribution in [1.29, 1.82) is 0 Å². The fourth-order valence-electron chi connectivity index (χ4n) is 1.71. The lowest BCUT2D eigenvalue weighted by atomic mass is 10.2. The Kier molecular flexibility index (Phi) is 6.09. The molecule has 1 heterocycles. The smallest absolute Gasteiger partial charge is 0.0900 e. The number of nitrogens with one attached hydrogen (secondary N) is 1. The second-order valence-electron chi connectivity index (χ2n) is 5.08. The summed E-state index contributed by atoms with van der Waals surface area (Å²) in [5.41, 5.74) is 1.19. The van der Waals surface area contributed by atoms with Gasteiger partial charge in [-0.2, -0.15) is 0 Å². The molecule has 0 atom stereocenters. The van der Waals surface area contributed by atoms with Gasteiger partial charge in [0.05, 0.1) is 10.7 Å². The highest BCUT2D eigenvalue weighted by Crippen LogP contribution is 2.18. The Morgan fingerprint density at radius 1 is 1.35 bits per heavy atom. The Morgan fingerprint density at radius 3 is 2.59 bits per heavy atom. The minimum absolute atomic E-state index is 0.728. The van der Waals surface area contributed by atoms with Crippen LogP contribution in [0.4, 0.5) is 0 Å². The van der Waals surface area contributed by atoms with Crippen LogP contribution in [0.5, 0.6) is 0 Å². The Bertz CT molecular complexity index is 333. The molecule has 0 amide bonds. The van der Waals surface area contributed by atoms with Crippen LogP contribution in [-0.2, 0) is 6.54 Å². The summed E-state index contributed by atoms with van der Waals surface area (Å²) in [4.78, 5) is 8.21. The second-order valence-corrected chi connectivity index (χ2v) is 6.36. The van der Waals surface area contributed by atoms with Crippen molar-refractivity contribution in [3.63, 3.8) is 0 Å². The standard InChI is InChI=1S/C13H25N3S/c1-10(2)8-14-6-7-16(5)9-13-11(3)15-12(4)17-13/h10,14H,6-9H2,1-5H3. The monoisotopic (exact) mass is 255 g/mol. The summed E-state index contributed by atoms with van der Waals surface area (Å²) < 4.78 is 0. The number of aryl methyl sites for hydroxylation is 2. The van der Waals surface area contributed by atoms with Gasteiger partial charge in [-0.1, -0.05) is 13.8 Å². The normalized spacial score (nSPS) is 11.7. The molecule has 0 aliphatic carbocycles. The van der Waals surface area contributed by atoms with Gasteiger partial charge in [0.2, 0.25) is 0 Å². The lowest BCUT2D eigenvalue weighted by Gasteiger charge is -2.16. The number of thiazole rings is 1. The third-order valence-electron chi connectivity index (χ3n) is 2.64. The van der Waals surface area contributed by atoms with E-state index in [9.17, 15) is 0 Å². The topological polar surface area (TPSA) is 28.2 Å². The van der Waals surface area contributed by atoms with E-state index in [0.717, 1.165) is 32.1 Å². The maximum Gasteiger partial charge on any atom is 0.0900 e. The first-order valence-corrected chi connectivity index (χ1v) is 7.13. The number of rotatable bonds is 7. The second kappa shape index (κ2) is 7.09. The van der Waals surface area contributed by atoms with Crippen molar-refractivity contribution in [2.75, 3.05) is 26.7 Å². The van der Waals surface area contributed by atoms with Crippen LogP contribution < -0.4 is 5.32 Å². The van der Waals surface area contributed by atoms with Crippen LogP contribution in [-0.4, -0.2) is 36.6 Å². The summed E-state index contributed by atoms with van der Waals surface area (Å²) in [6.07, 6.45) is 0. The SMILES string of the molecule is Cc1nc(C)c(CN(C)CCNCC(C)C)s1. The third-order valence-corrected chi connectivity index (χ3v) is 3.69. The van der Waals surface area contributed by atoms with E-state index in [1.54, 1.807) is 0 Å². The molecule has 0 aliphatic heterocycles. The van der Waals surface area contributed by atoms with Gasteiger partial charge in [0, 0.05) is 24.5 Å².